The SMILES string of the molecule is CC(C)(C)C(Nc1cc(C(F)(F)F)nc2ncnn12)c1ccccc1. The van der Waals surface area contributed by atoms with E-state index in [2.05, 4.69) is 20.4 Å². The van der Waals surface area contributed by atoms with Crippen LogP contribution in [0, 0.1) is 5.41 Å². The first kappa shape index (κ1) is 17.2. The van der Waals surface area contributed by atoms with Crippen LogP contribution in [0.3, 0.4) is 0 Å². The summed E-state index contributed by atoms with van der Waals surface area (Å²) in [5, 5.41) is 7.18. The van der Waals surface area contributed by atoms with Crippen LogP contribution in [-0.4, -0.2) is 19.6 Å². The zero-order valence-corrected chi connectivity index (χ0v) is 14.0. The highest BCUT2D eigenvalue weighted by molar-refractivity contribution is 5.48. The molecule has 3 aromatic rings. The summed E-state index contributed by atoms with van der Waals surface area (Å²) < 4.78 is 40.7. The first-order valence-electron chi connectivity index (χ1n) is 7.76. The van der Waals surface area contributed by atoms with E-state index in [4.69, 9.17) is 0 Å². The molecule has 1 atom stereocenters. The van der Waals surface area contributed by atoms with Crippen molar-refractivity contribution in [1.29, 1.82) is 0 Å². The Bertz CT molecular complexity index is 865. The number of hydrogen-bond donors (Lipinski definition) is 1. The van der Waals surface area contributed by atoms with Crippen LogP contribution in [0.2, 0.25) is 0 Å². The predicted molar refractivity (Wildman–Crippen MR) is 88.0 cm³/mol. The highest BCUT2D eigenvalue weighted by atomic mass is 19.4. The minimum absolute atomic E-state index is 0.0990. The van der Waals surface area contributed by atoms with Gasteiger partial charge in [0.1, 0.15) is 12.1 Å². The molecule has 0 fully saturated rings. The fourth-order valence-electron chi connectivity index (χ4n) is 2.65. The van der Waals surface area contributed by atoms with E-state index in [-0.39, 0.29) is 23.1 Å². The van der Waals surface area contributed by atoms with Gasteiger partial charge in [-0.3, -0.25) is 0 Å². The summed E-state index contributed by atoms with van der Waals surface area (Å²) in [6, 6.07) is 10.3. The summed E-state index contributed by atoms with van der Waals surface area (Å²) in [6.45, 7) is 6.05. The van der Waals surface area contributed by atoms with Gasteiger partial charge < -0.3 is 5.32 Å². The van der Waals surface area contributed by atoms with Crippen molar-refractivity contribution in [2.45, 2.75) is 33.0 Å². The molecule has 0 radical (unpaired) electrons. The molecule has 0 saturated carbocycles. The van der Waals surface area contributed by atoms with Crippen LogP contribution in [-0.2, 0) is 6.18 Å². The number of hydrogen-bond acceptors (Lipinski definition) is 4. The maximum Gasteiger partial charge on any atom is 0.433 e. The van der Waals surface area contributed by atoms with E-state index in [0.717, 1.165) is 11.6 Å². The summed E-state index contributed by atoms with van der Waals surface area (Å²) in [5.41, 5.74) is -0.291. The third-order valence-electron chi connectivity index (χ3n) is 3.83. The lowest BCUT2D eigenvalue weighted by atomic mass is 9.82. The van der Waals surface area contributed by atoms with Gasteiger partial charge in [-0.15, -0.1) is 0 Å². The normalized spacial score (nSPS) is 13.8. The molecule has 0 amide bonds. The second-order valence-corrected chi connectivity index (χ2v) is 6.85. The Kier molecular flexibility index (Phi) is 4.14. The van der Waals surface area contributed by atoms with Gasteiger partial charge in [0.15, 0.2) is 5.69 Å². The van der Waals surface area contributed by atoms with Gasteiger partial charge >= 0.3 is 6.18 Å². The molecular weight excluding hydrogens is 331 g/mol. The molecule has 3 rings (SSSR count). The third kappa shape index (κ3) is 3.57. The molecule has 8 heteroatoms. The van der Waals surface area contributed by atoms with E-state index in [0.29, 0.717) is 0 Å². The number of benzene rings is 1. The van der Waals surface area contributed by atoms with Gasteiger partial charge in [-0.05, 0) is 11.0 Å². The van der Waals surface area contributed by atoms with Crippen LogP contribution in [0.25, 0.3) is 5.78 Å². The average molecular weight is 349 g/mol. The van der Waals surface area contributed by atoms with Crippen LogP contribution in [0.1, 0.15) is 38.1 Å². The molecule has 2 heterocycles. The maximum atomic E-state index is 13.1. The van der Waals surface area contributed by atoms with E-state index in [9.17, 15) is 13.2 Å². The van der Waals surface area contributed by atoms with Crippen LogP contribution >= 0.6 is 0 Å². The Morgan fingerprint density at radius 1 is 1.08 bits per heavy atom. The molecule has 0 aliphatic carbocycles. The van der Waals surface area contributed by atoms with Crippen molar-refractivity contribution >= 4 is 11.6 Å². The van der Waals surface area contributed by atoms with Crippen molar-refractivity contribution in [3.05, 3.63) is 54.0 Å². The number of halogens is 3. The smallest absolute Gasteiger partial charge is 0.363 e. The second-order valence-electron chi connectivity index (χ2n) is 6.85. The largest absolute Gasteiger partial charge is 0.433 e. The van der Waals surface area contributed by atoms with Gasteiger partial charge in [-0.25, -0.2) is 4.98 Å². The van der Waals surface area contributed by atoms with Crippen LogP contribution in [0.4, 0.5) is 19.0 Å². The van der Waals surface area contributed by atoms with Crippen LogP contribution in [0.15, 0.2) is 42.7 Å². The van der Waals surface area contributed by atoms with Crippen LogP contribution in [0.5, 0.6) is 0 Å². The Balaban J connectivity index is 2.10. The lowest BCUT2D eigenvalue weighted by molar-refractivity contribution is -0.141. The highest BCUT2D eigenvalue weighted by Gasteiger charge is 2.35. The minimum atomic E-state index is -4.56. The van der Waals surface area contributed by atoms with Crippen molar-refractivity contribution in [3.8, 4) is 0 Å². The minimum Gasteiger partial charge on any atom is -0.363 e. The number of nitrogens with one attached hydrogen (secondary N) is 1. The van der Waals surface area contributed by atoms with E-state index < -0.39 is 11.9 Å². The predicted octanol–water partition coefficient (Wildman–Crippen LogP) is 4.34. The van der Waals surface area contributed by atoms with Gasteiger partial charge in [-0.2, -0.15) is 27.8 Å². The molecule has 25 heavy (non-hydrogen) atoms. The number of nitrogens with zero attached hydrogens (tertiary/aromatic N) is 4. The molecule has 1 aromatic carbocycles. The van der Waals surface area contributed by atoms with Crippen molar-refractivity contribution in [2.24, 2.45) is 5.41 Å². The highest BCUT2D eigenvalue weighted by Crippen LogP contribution is 2.37. The number of anilines is 1. The topological polar surface area (TPSA) is 55.1 Å². The molecule has 0 aliphatic heterocycles. The number of aromatic nitrogens is 4. The number of alkyl halides is 3. The Hall–Kier alpha value is -2.64. The molecule has 1 N–H and O–H groups in total. The van der Waals surface area contributed by atoms with Gasteiger partial charge in [0.05, 0.1) is 6.04 Å². The summed E-state index contributed by atoms with van der Waals surface area (Å²) in [4.78, 5) is 7.33. The maximum absolute atomic E-state index is 13.1. The number of fused-ring (bicyclic) bond motifs is 1. The van der Waals surface area contributed by atoms with Crippen molar-refractivity contribution in [2.75, 3.05) is 5.32 Å². The molecule has 2 aromatic heterocycles. The Morgan fingerprint density at radius 2 is 1.76 bits per heavy atom. The zero-order valence-electron chi connectivity index (χ0n) is 14.0. The fraction of sp³-hybridized carbons (Fsp3) is 0.353. The monoisotopic (exact) mass is 349 g/mol. The van der Waals surface area contributed by atoms with Crippen molar-refractivity contribution in [1.82, 2.24) is 19.6 Å². The summed E-state index contributed by atoms with van der Waals surface area (Å²) in [6.07, 6.45) is -3.38. The van der Waals surface area contributed by atoms with Gasteiger partial charge in [0, 0.05) is 6.07 Å². The van der Waals surface area contributed by atoms with Crippen molar-refractivity contribution in [3.63, 3.8) is 0 Å². The summed E-state index contributed by atoms with van der Waals surface area (Å²) in [5.74, 6) is 0.0941. The number of rotatable bonds is 3. The van der Waals surface area contributed by atoms with Crippen molar-refractivity contribution < 1.29 is 13.2 Å². The Morgan fingerprint density at radius 3 is 2.36 bits per heavy atom. The van der Waals surface area contributed by atoms with Gasteiger partial charge in [0.2, 0.25) is 0 Å². The molecule has 5 nitrogen and oxygen atoms in total. The fourth-order valence-corrected chi connectivity index (χ4v) is 2.65. The summed E-state index contributed by atoms with van der Waals surface area (Å²) >= 11 is 0. The van der Waals surface area contributed by atoms with E-state index in [1.165, 1.54) is 10.8 Å². The molecule has 0 saturated heterocycles. The zero-order chi connectivity index (χ0) is 18.2. The van der Waals surface area contributed by atoms with Crippen LogP contribution < -0.4 is 5.32 Å². The lowest BCUT2D eigenvalue weighted by Crippen LogP contribution is -2.27. The molecule has 0 bridgehead atoms. The summed E-state index contributed by atoms with van der Waals surface area (Å²) in [7, 11) is 0. The Labute approximate surface area is 142 Å². The van der Waals surface area contributed by atoms with E-state index in [1.54, 1.807) is 0 Å². The van der Waals surface area contributed by atoms with E-state index >= 15 is 0 Å². The first-order valence-corrected chi connectivity index (χ1v) is 7.76. The third-order valence-corrected chi connectivity index (χ3v) is 3.83. The second kappa shape index (κ2) is 6.02. The molecule has 132 valence electrons. The van der Waals surface area contributed by atoms with E-state index in [1.807, 2.05) is 51.1 Å². The van der Waals surface area contributed by atoms with Gasteiger partial charge in [-0.1, -0.05) is 51.1 Å². The first-order chi connectivity index (χ1) is 11.7. The molecule has 1 unspecified atom stereocenters. The quantitative estimate of drug-likeness (QED) is 0.764. The average Bonchev–Trinajstić information content (AvgIpc) is 2.99. The molecule has 0 spiro atoms. The lowest BCUT2D eigenvalue weighted by Gasteiger charge is -2.33. The molecular formula is C17H18F3N5. The standard InChI is InChI=1S/C17H18F3N5/c1-16(2,3)14(11-7-5-4-6-8-11)24-13-9-12(17(18,19)20)23-15-21-10-22-25(13)15/h4-10,14,24H,1-3H3. The van der Waals surface area contributed by atoms with Gasteiger partial charge in [0.25, 0.3) is 5.78 Å². The molecule has 0 aliphatic rings.